The van der Waals surface area contributed by atoms with Gasteiger partial charge in [-0.05, 0) is 49.5 Å². The molecule has 1 unspecified atom stereocenters. The normalized spacial score (nSPS) is 22.5. The van der Waals surface area contributed by atoms with E-state index < -0.39 is 0 Å². The molecule has 2 aromatic rings. The van der Waals surface area contributed by atoms with Crippen molar-refractivity contribution < 1.29 is 0 Å². The molecule has 2 aliphatic rings. The summed E-state index contributed by atoms with van der Waals surface area (Å²) in [4.78, 5) is 9.12. The van der Waals surface area contributed by atoms with Gasteiger partial charge < -0.3 is 0 Å². The van der Waals surface area contributed by atoms with E-state index in [0.29, 0.717) is 5.92 Å². The maximum atomic E-state index is 4.97. The van der Waals surface area contributed by atoms with Crippen LogP contribution in [0.3, 0.4) is 0 Å². The number of benzene rings is 1. The lowest BCUT2D eigenvalue weighted by Crippen LogP contribution is -2.25. The van der Waals surface area contributed by atoms with Crippen LogP contribution in [0.2, 0.25) is 0 Å². The monoisotopic (exact) mass is 344 g/mol. The van der Waals surface area contributed by atoms with Crippen LogP contribution in [0.4, 0.5) is 0 Å². The molecule has 1 atom stereocenters. The predicted molar refractivity (Wildman–Crippen MR) is 101 cm³/mol. The fourth-order valence-corrected chi connectivity index (χ4v) is 5.81. The molecule has 0 radical (unpaired) electrons. The van der Waals surface area contributed by atoms with Crippen molar-refractivity contribution in [1.29, 1.82) is 0 Å². The van der Waals surface area contributed by atoms with Crippen LogP contribution in [0.1, 0.15) is 39.9 Å². The lowest BCUT2D eigenvalue weighted by Gasteiger charge is -2.21. The Morgan fingerprint density at radius 3 is 2.96 bits per heavy atom. The number of rotatable bonds is 3. The average Bonchev–Trinajstić information content (AvgIpc) is 2.81. The fraction of sp³-hybridized carbons (Fsp3) is 0.526. The maximum absolute atomic E-state index is 4.97. The Balaban J connectivity index is 1.44. The van der Waals surface area contributed by atoms with Crippen LogP contribution in [-0.2, 0) is 19.4 Å². The van der Waals surface area contributed by atoms with Crippen molar-refractivity contribution in [3.63, 3.8) is 0 Å². The zero-order valence-electron chi connectivity index (χ0n) is 13.5. The molecule has 23 heavy (non-hydrogen) atoms. The zero-order chi connectivity index (χ0) is 15.5. The second kappa shape index (κ2) is 7.37. The minimum atomic E-state index is 0.687. The molecular formula is C19H24N2S2. The lowest BCUT2D eigenvalue weighted by atomic mass is 9.85. The zero-order valence-corrected chi connectivity index (χ0v) is 15.2. The topological polar surface area (TPSA) is 16.1 Å². The van der Waals surface area contributed by atoms with Gasteiger partial charge in [-0.2, -0.15) is 11.8 Å². The SMILES string of the molecule is c1ccc(C2CCc3nc(CN4CCCSCC4)sc3C2)cc1. The summed E-state index contributed by atoms with van der Waals surface area (Å²) in [5.41, 5.74) is 2.89. The molecule has 1 aliphatic carbocycles. The Bertz CT molecular complexity index is 630. The van der Waals surface area contributed by atoms with E-state index in [9.17, 15) is 0 Å². The molecule has 0 N–H and O–H groups in total. The van der Waals surface area contributed by atoms with Gasteiger partial charge in [-0.3, -0.25) is 4.90 Å². The number of hydrogen-bond acceptors (Lipinski definition) is 4. The van der Waals surface area contributed by atoms with Crippen molar-refractivity contribution >= 4 is 23.1 Å². The lowest BCUT2D eigenvalue weighted by molar-refractivity contribution is 0.287. The fourth-order valence-electron chi connectivity index (χ4n) is 3.65. The summed E-state index contributed by atoms with van der Waals surface area (Å²) >= 11 is 4.07. The van der Waals surface area contributed by atoms with Crippen LogP contribution >= 0.6 is 23.1 Å². The quantitative estimate of drug-likeness (QED) is 0.823. The van der Waals surface area contributed by atoms with E-state index in [1.807, 2.05) is 11.3 Å². The average molecular weight is 345 g/mol. The van der Waals surface area contributed by atoms with Crippen molar-refractivity contribution in [2.75, 3.05) is 24.6 Å². The molecule has 0 amide bonds. The smallest absolute Gasteiger partial charge is 0.107 e. The molecule has 2 heterocycles. The van der Waals surface area contributed by atoms with Gasteiger partial charge in [0.05, 0.1) is 12.2 Å². The van der Waals surface area contributed by atoms with Gasteiger partial charge in [0.1, 0.15) is 5.01 Å². The van der Waals surface area contributed by atoms with Gasteiger partial charge >= 0.3 is 0 Å². The summed E-state index contributed by atoms with van der Waals surface area (Å²) in [5.74, 6) is 3.29. The summed E-state index contributed by atoms with van der Waals surface area (Å²) in [6.45, 7) is 3.53. The third kappa shape index (κ3) is 3.81. The van der Waals surface area contributed by atoms with E-state index in [1.165, 1.54) is 60.1 Å². The van der Waals surface area contributed by atoms with Crippen molar-refractivity contribution in [3.05, 3.63) is 51.5 Å². The third-order valence-electron chi connectivity index (χ3n) is 4.93. The van der Waals surface area contributed by atoms with Crippen molar-refractivity contribution in [1.82, 2.24) is 9.88 Å². The molecule has 122 valence electrons. The van der Waals surface area contributed by atoms with Gasteiger partial charge in [-0.1, -0.05) is 30.3 Å². The minimum absolute atomic E-state index is 0.687. The Morgan fingerprint density at radius 1 is 1.13 bits per heavy atom. The Hall–Kier alpha value is -0.840. The van der Waals surface area contributed by atoms with Gasteiger partial charge in [-0.15, -0.1) is 11.3 Å². The van der Waals surface area contributed by atoms with Crippen LogP contribution in [0.15, 0.2) is 30.3 Å². The molecule has 1 fully saturated rings. The van der Waals surface area contributed by atoms with Gasteiger partial charge in [0.2, 0.25) is 0 Å². The van der Waals surface area contributed by atoms with Crippen molar-refractivity contribution in [3.8, 4) is 0 Å². The predicted octanol–water partition coefficient (Wildman–Crippen LogP) is 4.35. The van der Waals surface area contributed by atoms with E-state index >= 15 is 0 Å². The highest BCUT2D eigenvalue weighted by molar-refractivity contribution is 7.99. The number of aromatic nitrogens is 1. The Labute approximate surface area is 147 Å². The van der Waals surface area contributed by atoms with E-state index in [-0.39, 0.29) is 0 Å². The highest BCUT2D eigenvalue weighted by atomic mass is 32.2. The molecule has 1 aromatic carbocycles. The van der Waals surface area contributed by atoms with Crippen molar-refractivity contribution in [2.45, 2.75) is 38.1 Å². The summed E-state index contributed by atoms with van der Waals surface area (Å²) in [7, 11) is 0. The first-order valence-corrected chi connectivity index (χ1v) is 10.7. The highest BCUT2D eigenvalue weighted by Gasteiger charge is 2.24. The van der Waals surface area contributed by atoms with Crippen LogP contribution in [0.25, 0.3) is 0 Å². The number of nitrogens with zero attached hydrogens (tertiary/aromatic N) is 2. The standard InChI is InChI=1S/C19H24N2S2/c1-2-5-15(6-3-1)16-7-8-17-18(13-16)23-19(20-17)14-21-9-4-11-22-12-10-21/h1-3,5-6,16H,4,7-14H2. The van der Waals surface area contributed by atoms with Gasteiger partial charge in [0, 0.05) is 17.2 Å². The largest absolute Gasteiger partial charge is 0.296 e. The maximum Gasteiger partial charge on any atom is 0.107 e. The van der Waals surface area contributed by atoms with E-state index in [2.05, 4.69) is 47.0 Å². The molecule has 1 aromatic heterocycles. The first-order chi connectivity index (χ1) is 11.4. The van der Waals surface area contributed by atoms with Gasteiger partial charge in [0.25, 0.3) is 0 Å². The molecule has 4 heteroatoms. The van der Waals surface area contributed by atoms with Gasteiger partial charge in [0.15, 0.2) is 0 Å². The van der Waals surface area contributed by atoms with Gasteiger partial charge in [-0.25, -0.2) is 4.98 Å². The minimum Gasteiger partial charge on any atom is -0.296 e. The molecular weight excluding hydrogens is 320 g/mol. The van der Waals surface area contributed by atoms with E-state index in [1.54, 1.807) is 4.88 Å². The van der Waals surface area contributed by atoms with Crippen LogP contribution in [-0.4, -0.2) is 34.5 Å². The first kappa shape index (κ1) is 15.7. The van der Waals surface area contributed by atoms with E-state index in [0.717, 1.165) is 13.0 Å². The van der Waals surface area contributed by atoms with Crippen molar-refractivity contribution in [2.24, 2.45) is 0 Å². The summed E-state index contributed by atoms with van der Waals surface area (Å²) < 4.78 is 0. The molecule has 1 saturated heterocycles. The summed E-state index contributed by atoms with van der Waals surface area (Å²) in [6, 6.07) is 11.0. The van der Waals surface area contributed by atoms with Crippen LogP contribution in [0, 0.1) is 0 Å². The summed E-state index contributed by atoms with van der Waals surface area (Å²) in [5, 5.41) is 1.34. The highest BCUT2D eigenvalue weighted by Crippen LogP contribution is 2.35. The summed E-state index contributed by atoms with van der Waals surface area (Å²) in [6.07, 6.45) is 4.92. The molecule has 2 nitrogen and oxygen atoms in total. The van der Waals surface area contributed by atoms with E-state index in [4.69, 9.17) is 4.98 Å². The second-order valence-electron chi connectivity index (χ2n) is 6.57. The number of fused-ring (bicyclic) bond motifs is 1. The van der Waals surface area contributed by atoms with Crippen LogP contribution < -0.4 is 0 Å². The molecule has 0 spiro atoms. The number of thiazole rings is 1. The number of hydrogen-bond donors (Lipinski definition) is 0. The molecule has 1 aliphatic heterocycles. The first-order valence-electron chi connectivity index (χ1n) is 8.71. The third-order valence-corrected chi connectivity index (χ3v) is 7.08. The van der Waals surface area contributed by atoms with Crippen LogP contribution in [0.5, 0.6) is 0 Å². The Morgan fingerprint density at radius 2 is 2.04 bits per heavy atom. The number of thioether (sulfide) groups is 1. The molecule has 0 saturated carbocycles. The number of aryl methyl sites for hydroxylation is 1. The molecule has 0 bridgehead atoms. The molecule has 4 rings (SSSR count). The second-order valence-corrected chi connectivity index (χ2v) is 8.96. The Kier molecular flexibility index (Phi) is 5.02.